The van der Waals surface area contributed by atoms with Crippen molar-refractivity contribution >= 4 is 29.0 Å². The Kier molecular flexibility index (Phi) is 8.92. The molecule has 2 amide bonds. The van der Waals surface area contributed by atoms with Crippen molar-refractivity contribution in [3.63, 3.8) is 0 Å². The van der Waals surface area contributed by atoms with Gasteiger partial charge in [0.05, 0.1) is 16.5 Å². The van der Waals surface area contributed by atoms with Crippen molar-refractivity contribution in [1.82, 2.24) is 15.6 Å². The molecule has 0 spiro atoms. The lowest BCUT2D eigenvalue weighted by Crippen LogP contribution is -2.51. The summed E-state index contributed by atoms with van der Waals surface area (Å²) in [4.78, 5) is 39.6. The minimum atomic E-state index is -1.25. The van der Waals surface area contributed by atoms with Crippen LogP contribution in [0.4, 0.5) is 10.5 Å². The number of nitrogens with one attached hydrogen (secondary N) is 2. The first-order valence-electron chi connectivity index (χ1n) is 10.9. The van der Waals surface area contributed by atoms with Crippen molar-refractivity contribution in [3.8, 4) is 0 Å². The number of aromatic nitrogens is 1. The summed E-state index contributed by atoms with van der Waals surface area (Å²) in [5, 5.41) is 28.3. The lowest BCUT2D eigenvalue weighted by molar-refractivity contribution is -0.384. The number of rotatable bonds is 10. The van der Waals surface area contributed by atoms with Gasteiger partial charge in [-0.2, -0.15) is 0 Å². The molecule has 2 rings (SSSR count). The van der Waals surface area contributed by atoms with Gasteiger partial charge in [-0.15, -0.1) is 11.3 Å². The summed E-state index contributed by atoms with van der Waals surface area (Å²) in [6.07, 6.45) is 0.171. The predicted octanol–water partition coefficient (Wildman–Crippen LogP) is 4.57. The topological polar surface area (TPSA) is 134 Å². The van der Waals surface area contributed by atoms with E-state index in [0.717, 1.165) is 22.7 Å². The fourth-order valence-corrected chi connectivity index (χ4v) is 4.85. The molecule has 3 atom stereocenters. The Morgan fingerprint density at radius 2 is 1.88 bits per heavy atom. The highest BCUT2D eigenvalue weighted by molar-refractivity contribution is 7.09. The van der Waals surface area contributed by atoms with E-state index in [1.54, 1.807) is 12.1 Å². The third-order valence-corrected chi connectivity index (χ3v) is 6.29. The molecule has 0 saturated carbocycles. The summed E-state index contributed by atoms with van der Waals surface area (Å²) in [5.74, 6) is -0.942. The van der Waals surface area contributed by atoms with Crippen molar-refractivity contribution in [2.45, 2.75) is 59.4 Å². The highest BCUT2D eigenvalue weighted by atomic mass is 32.1. The lowest BCUT2D eigenvalue weighted by atomic mass is 9.82. The molecule has 1 unspecified atom stereocenters. The van der Waals surface area contributed by atoms with Gasteiger partial charge in [-0.3, -0.25) is 14.9 Å². The number of thiazole rings is 1. The smallest absolute Gasteiger partial charge is 0.405 e. The van der Waals surface area contributed by atoms with Crippen LogP contribution in [0.25, 0.3) is 0 Å². The summed E-state index contributed by atoms with van der Waals surface area (Å²) in [6, 6.07) is 5.29. The van der Waals surface area contributed by atoms with Crippen molar-refractivity contribution in [2.24, 2.45) is 11.3 Å². The van der Waals surface area contributed by atoms with Crippen LogP contribution in [-0.2, 0) is 11.2 Å². The first kappa shape index (κ1) is 26.2. The Hall–Kier alpha value is -3.01. The number of amides is 2. The molecular formula is C23H32N4O5S. The van der Waals surface area contributed by atoms with Crippen LogP contribution in [0.3, 0.4) is 0 Å². The predicted molar refractivity (Wildman–Crippen MR) is 128 cm³/mol. The van der Waals surface area contributed by atoms with Gasteiger partial charge in [-0.05, 0) is 29.7 Å². The van der Waals surface area contributed by atoms with Gasteiger partial charge in [-0.25, -0.2) is 9.78 Å². The quantitative estimate of drug-likeness (QED) is 0.340. The highest BCUT2D eigenvalue weighted by Crippen LogP contribution is 2.29. The van der Waals surface area contributed by atoms with Crippen LogP contribution in [-0.4, -0.2) is 39.6 Å². The van der Waals surface area contributed by atoms with Crippen LogP contribution in [0.2, 0.25) is 0 Å². The summed E-state index contributed by atoms with van der Waals surface area (Å²) in [6.45, 7) is 10.2. The average Bonchev–Trinajstić information content (AvgIpc) is 3.20. The standard InChI is InChI=1S/C23H32N4O5S/c1-6-16-13-33-21(25-16)18(15-7-9-17(10-8-15)27(31)32)12-24-20(28)19(26-22(29)30)14(2)11-23(3,4)5/h7-10,13-14,18-19,26H,6,11-12H2,1-5H3,(H,24,28)(H,29,30)/t14-,18-,19?/m0/s1. The second-order valence-electron chi connectivity index (χ2n) is 9.35. The van der Waals surface area contributed by atoms with Crippen molar-refractivity contribution in [3.05, 3.63) is 56.0 Å². The lowest BCUT2D eigenvalue weighted by Gasteiger charge is -2.29. The molecule has 2 aromatic rings. The molecule has 0 aliphatic carbocycles. The van der Waals surface area contributed by atoms with Gasteiger partial charge in [-0.1, -0.05) is 46.8 Å². The van der Waals surface area contributed by atoms with E-state index in [9.17, 15) is 24.8 Å². The number of carbonyl (C=O) groups is 2. The molecule has 0 bridgehead atoms. The number of nitro benzene ring substituents is 1. The maximum absolute atomic E-state index is 13.0. The average molecular weight is 477 g/mol. The number of carboxylic acid groups (broad SMARTS) is 1. The first-order valence-corrected chi connectivity index (χ1v) is 11.7. The molecule has 0 fully saturated rings. The van der Waals surface area contributed by atoms with E-state index in [4.69, 9.17) is 0 Å². The SMILES string of the molecule is CCc1csc([C@@H](CNC(=O)C(NC(=O)O)[C@@H](C)CC(C)(C)C)c2ccc([N+](=O)[O-])cc2)n1. The number of hydrogen-bond donors (Lipinski definition) is 3. The molecular weight excluding hydrogens is 444 g/mol. The molecule has 1 heterocycles. The molecule has 9 nitrogen and oxygen atoms in total. The van der Waals surface area contributed by atoms with Crippen molar-refractivity contribution in [2.75, 3.05) is 6.54 Å². The van der Waals surface area contributed by atoms with Gasteiger partial charge in [0.1, 0.15) is 11.0 Å². The van der Waals surface area contributed by atoms with Gasteiger partial charge in [0.25, 0.3) is 5.69 Å². The molecule has 0 radical (unpaired) electrons. The maximum atomic E-state index is 13.0. The van der Waals surface area contributed by atoms with Gasteiger partial charge in [0.15, 0.2) is 0 Å². The number of nitro groups is 1. The zero-order valence-corrected chi connectivity index (χ0v) is 20.4. The third kappa shape index (κ3) is 7.81. The number of hydrogen-bond acceptors (Lipinski definition) is 6. The highest BCUT2D eigenvalue weighted by Gasteiger charge is 2.31. The fraction of sp³-hybridized carbons (Fsp3) is 0.522. The second-order valence-corrected chi connectivity index (χ2v) is 10.2. The number of benzene rings is 1. The van der Waals surface area contributed by atoms with E-state index in [1.165, 1.54) is 23.5 Å². The van der Waals surface area contributed by atoms with E-state index in [-0.39, 0.29) is 29.5 Å². The number of nitrogens with zero attached hydrogens (tertiary/aromatic N) is 2. The zero-order chi connectivity index (χ0) is 24.8. The van der Waals surface area contributed by atoms with Gasteiger partial charge in [0, 0.05) is 24.1 Å². The Morgan fingerprint density at radius 3 is 2.36 bits per heavy atom. The summed E-state index contributed by atoms with van der Waals surface area (Å²) >= 11 is 1.47. The van der Waals surface area contributed by atoms with E-state index >= 15 is 0 Å². The van der Waals surface area contributed by atoms with Crippen LogP contribution in [0, 0.1) is 21.4 Å². The van der Waals surface area contributed by atoms with E-state index in [0.29, 0.717) is 6.42 Å². The van der Waals surface area contributed by atoms with E-state index < -0.39 is 23.0 Å². The largest absolute Gasteiger partial charge is 0.465 e. The Labute approximate surface area is 197 Å². The number of aryl methyl sites for hydroxylation is 1. The molecule has 0 aliphatic heterocycles. The molecule has 1 aromatic heterocycles. The van der Waals surface area contributed by atoms with E-state index in [1.807, 2.05) is 40.0 Å². The second kappa shape index (κ2) is 11.2. The van der Waals surface area contributed by atoms with Gasteiger partial charge < -0.3 is 15.7 Å². The van der Waals surface area contributed by atoms with Crippen LogP contribution in [0.5, 0.6) is 0 Å². The zero-order valence-electron chi connectivity index (χ0n) is 19.6. The van der Waals surface area contributed by atoms with Gasteiger partial charge in [0.2, 0.25) is 5.91 Å². The molecule has 0 saturated heterocycles. The van der Waals surface area contributed by atoms with Crippen molar-refractivity contribution < 1.29 is 19.6 Å². The molecule has 1 aromatic carbocycles. The summed E-state index contributed by atoms with van der Waals surface area (Å²) in [7, 11) is 0. The third-order valence-electron chi connectivity index (χ3n) is 5.28. The normalized spacial score (nSPS) is 14.2. The number of non-ortho nitro benzene ring substituents is 1. The summed E-state index contributed by atoms with van der Waals surface area (Å²) < 4.78 is 0. The first-order chi connectivity index (χ1) is 15.4. The van der Waals surface area contributed by atoms with E-state index in [2.05, 4.69) is 15.6 Å². The van der Waals surface area contributed by atoms with Crippen LogP contribution in [0.15, 0.2) is 29.6 Å². The Balaban J connectivity index is 2.26. The minimum absolute atomic E-state index is 0.0170. The molecule has 180 valence electrons. The fourth-order valence-electron chi connectivity index (χ4n) is 3.82. The van der Waals surface area contributed by atoms with Crippen LogP contribution >= 0.6 is 11.3 Å². The van der Waals surface area contributed by atoms with Crippen LogP contribution < -0.4 is 10.6 Å². The number of carbonyl (C=O) groups excluding carboxylic acids is 1. The van der Waals surface area contributed by atoms with Crippen molar-refractivity contribution in [1.29, 1.82) is 0 Å². The maximum Gasteiger partial charge on any atom is 0.405 e. The van der Waals surface area contributed by atoms with Crippen LogP contribution in [0.1, 0.15) is 63.2 Å². The molecule has 3 N–H and O–H groups in total. The molecule has 0 aliphatic rings. The van der Waals surface area contributed by atoms with Gasteiger partial charge >= 0.3 is 6.09 Å². The Bertz CT molecular complexity index is 968. The molecule has 10 heteroatoms. The summed E-state index contributed by atoms with van der Waals surface area (Å²) in [5.41, 5.74) is 1.62. The minimum Gasteiger partial charge on any atom is -0.465 e. The molecule has 33 heavy (non-hydrogen) atoms. The monoisotopic (exact) mass is 476 g/mol. The Morgan fingerprint density at radius 1 is 1.24 bits per heavy atom.